The van der Waals surface area contributed by atoms with E-state index >= 15 is 0 Å². The molecule has 0 aliphatic carbocycles. The molecule has 1 heterocycles. The number of carbonyl (C=O) groups excluding carboxylic acids is 2. The van der Waals surface area contributed by atoms with Crippen molar-refractivity contribution in [2.75, 3.05) is 18.0 Å². The van der Waals surface area contributed by atoms with Crippen molar-refractivity contribution in [3.8, 4) is 0 Å². The SMILES string of the molecule is CC(=O)N(CCNC(=O)Cc1cccc(C)c1)c1cc(C)on1. The number of benzene rings is 1. The number of carbonyl (C=O) groups is 2. The van der Waals surface area contributed by atoms with Gasteiger partial charge >= 0.3 is 0 Å². The van der Waals surface area contributed by atoms with E-state index in [0.29, 0.717) is 31.1 Å². The Morgan fingerprint density at radius 2 is 2.04 bits per heavy atom. The van der Waals surface area contributed by atoms with Crippen LogP contribution in [0.2, 0.25) is 0 Å². The highest BCUT2D eigenvalue weighted by molar-refractivity contribution is 5.90. The van der Waals surface area contributed by atoms with E-state index in [1.807, 2.05) is 31.2 Å². The Bertz CT molecular complexity index is 694. The van der Waals surface area contributed by atoms with Gasteiger partial charge in [-0.25, -0.2) is 0 Å². The third-order valence-electron chi connectivity index (χ3n) is 3.38. The molecule has 0 unspecified atom stereocenters. The van der Waals surface area contributed by atoms with E-state index in [4.69, 9.17) is 4.52 Å². The van der Waals surface area contributed by atoms with Crippen molar-refractivity contribution in [2.45, 2.75) is 27.2 Å². The molecule has 2 amide bonds. The molecule has 6 heteroatoms. The summed E-state index contributed by atoms with van der Waals surface area (Å²) in [5, 5.41) is 6.65. The van der Waals surface area contributed by atoms with Gasteiger partial charge in [0, 0.05) is 26.1 Å². The molecule has 0 spiro atoms. The van der Waals surface area contributed by atoms with E-state index in [1.54, 1.807) is 13.0 Å². The van der Waals surface area contributed by atoms with Crippen molar-refractivity contribution in [3.63, 3.8) is 0 Å². The summed E-state index contributed by atoms with van der Waals surface area (Å²) in [5.41, 5.74) is 2.09. The zero-order valence-corrected chi connectivity index (χ0v) is 13.6. The predicted molar refractivity (Wildman–Crippen MR) is 87.2 cm³/mol. The molecule has 0 bridgehead atoms. The van der Waals surface area contributed by atoms with E-state index in [0.717, 1.165) is 11.1 Å². The molecule has 2 rings (SSSR count). The number of nitrogens with one attached hydrogen (secondary N) is 1. The lowest BCUT2D eigenvalue weighted by molar-refractivity contribution is -0.121. The second-order valence-corrected chi connectivity index (χ2v) is 5.48. The minimum absolute atomic E-state index is 0.0737. The van der Waals surface area contributed by atoms with Gasteiger partial charge in [0.05, 0.1) is 6.42 Å². The molecular formula is C17H21N3O3. The number of nitrogens with zero attached hydrogens (tertiary/aromatic N) is 2. The van der Waals surface area contributed by atoms with Crippen LogP contribution >= 0.6 is 0 Å². The summed E-state index contributed by atoms with van der Waals surface area (Å²) in [6.07, 6.45) is 0.324. The van der Waals surface area contributed by atoms with E-state index in [9.17, 15) is 9.59 Å². The number of hydrogen-bond donors (Lipinski definition) is 1. The van der Waals surface area contributed by atoms with Crippen LogP contribution in [0, 0.1) is 13.8 Å². The topological polar surface area (TPSA) is 75.4 Å². The highest BCUT2D eigenvalue weighted by atomic mass is 16.5. The molecule has 0 saturated carbocycles. The second-order valence-electron chi connectivity index (χ2n) is 5.48. The number of aryl methyl sites for hydroxylation is 2. The smallest absolute Gasteiger partial charge is 0.225 e. The first-order chi connectivity index (χ1) is 11.0. The van der Waals surface area contributed by atoms with Crippen LogP contribution in [-0.2, 0) is 16.0 Å². The van der Waals surface area contributed by atoms with Gasteiger partial charge in [-0.05, 0) is 19.4 Å². The molecule has 122 valence electrons. The number of hydrogen-bond acceptors (Lipinski definition) is 4. The predicted octanol–water partition coefficient (Wildman–Crippen LogP) is 2.00. The molecule has 0 radical (unpaired) electrons. The van der Waals surface area contributed by atoms with Crippen LogP contribution in [0.3, 0.4) is 0 Å². The number of amides is 2. The van der Waals surface area contributed by atoms with Gasteiger partial charge in [0.15, 0.2) is 5.82 Å². The Labute approximate surface area is 135 Å². The van der Waals surface area contributed by atoms with E-state index in [2.05, 4.69) is 10.5 Å². The number of anilines is 1. The molecular weight excluding hydrogens is 294 g/mol. The zero-order valence-electron chi connectivity index (χ0n) is 13.6. The Morgan fingerprint density at radius 3 is 2.65 bits per heavy atom. The third-order valence-corrected chi connectivity index (χ3v) is 3.38. The molecule has 0 aliphatic heterocycles. The van der Waals surface area contributed by atoms with Gasteiger partial charge in [-0.3, -0.25) is 14.5 Å². The molecule has 1 N–H and O–H groups in total. The molecule has 2 aromatic rings. The van der Waals surface area contributed by atoms with Crippen molar-refractivity contribution in [1.29, 1.82) is 0 Å². The third kappa shape index (κ3) is 4.95. The van der Waals surface area contributed by atoms with Crippen molar-refractivity contribution in [2.24, 2.45) is 0 Å². The molecule has 23 heavy (non-hydrogen) atoms. The standard InChI is InChI=1S/C17H21N3O3/c1-12-5-4-6-15(9-12)11-17(22)18-7-8-20(14(3)21)16-10-13(2)23-19-16/h4-6,9-10H,7-8,11H2,1-3H3,(H,18,22). The summed E-state index contributed by atoms with van der Waals surface area (Å²) in [6.45, 7) is 5.92. The Morgan fingerprint density at radius 1 is 1.26 bits per heavy atom. The summed E-state index contributed by atoms with van der Waals surface area (Å²) in [7, 11) is 0. The first-order valence-corrected chi connectivity index (χ1v) is 7.49. The van der Waals surface area contributed by atoms with E-state index in [1.165, 1.54) is 11.8 Å². The largest absolute Gasteiger partial charge is 0.360 e. The van der Waals surface area contributed by atoms with Crippen molar-refractivity contribution >= 4 is 17.6 Å². The maximum absolute atomic E-state index is 12.0. The van der Waals surface area contributed by atoms with Crippen LogP contribution in [0.4, 0.5) is 5.82 Å². The fourth-order valence-corrected chi connectivity index (χ4v) is 2.29. The van der Waals surface area contributed by atoms with Crippen LogP contribution in [-0.4, -0.2) is 30.1 Å². The number of aromatic nitrogens is 1. The molecule has 0 fully saturated rings. The van der Waals surface area contributed by atoms with E-state index in [-0.39, 0.29) is 11.8 Å². The van der Waals surface area contributed by atoms with Gasteiger partial charge in [0.25, 0.3) is 0 Å². The van der Waals surface area contributed by atoms with Crippen molar-refractivity contribution < 1.29 is 14.1 Å². The van der Waals surface area contributed by atoms with Gasteiger partial charge < -0.3 is 9.84 Å². The van der Waals surface area contributed by atoms with Crippen LogP contribution in [0.15, 0.2) is 34.9 Å². The fourth-order valence-electron chi connectivity index (χ4n) is 2.29. The molecule has 0 saturated heterocycles. The van der Waals surface area contributed by atoms with Gasteiger partial charge in [-0.15, -0.1) is 0 Å². The minimum Gasteiger partial charge on any atom is -0.360 e. The maximum Gasteiger partial charge on any atom is 0.225 e. The maximum atomic E-state index is 12.0. The van der Waals surface area contributed by atoms with Gasteiger partial charge in [-0.2, -0.15) is 0 Å². The van der Waals surface area contributed by atoms with Crippen LogP contribution < -0.4 is 10.2 Å². The average Bonchev–Trinajstić information content (AvgIpc) is 2.89. The fraction of sp³-hybridized carbons (Fsp3) is 0.353. The lowest BCUT2D eigenvalue weighted by Gasteiger charge is -2.17. The lowest BCUT2D eigenvalue weighted by atomic mass is 10.1. The Hall–Kier alpha value is -2.63. The monoisotopic (exact) mass is 315 g/mol. The highest BCUT2D eigenvalue weighted by Crippen LogP contribution is 2.13. The first-order valence-electron chi connectivity index (χ1n) is 7.49. The Kier molecular flexibility index (Phi) is 5.51. The zero-order chi connectivity index (χ0) is 16.8. The van der Waals surface area contributed by atoms with Gasteiger partial charge in [0.1, 0.15) is 5.76 Å². The van der Waals surface area contributed by atoms with E-state index < -0.39 is 0 Å². The van der Waals surface area contributed by atoms with Gasteiger partial charge in [-0.1, -0.05) is 35.0 Å². The van der Waals surface area contributed by atoms with Crippen molar-refractivity contribution in [3.05, 3.63) is 47.2 Å². The normalized spacial score (nSPS) is 10.4. The molecule has 1 aromatic carbocycles. The highest BCUT2D eigenvalue weighted by Gasteiger charge is 2.15. The van der Waals surface area contributed by atoms with Crippen molar-refractivity contribution in [1.82, 2.24) is 10.5 Å². The quantitative estimate of drug-likeness (QED) is 0.884. The molecule has 0 atom stereocenters. The summed E-state index contributed by atoms with van der Waals surface area (Å²) in [4.78, 5) is 25.1. The van der Waals surface area contributed by atoms with Crippen LogP contribution in [0.5, 0.6) is 0 Å². The lowest BCUT2D eigenvalue weighted by Crippen LogP contribution is -2.38. The summed E-state index contributed by atoms with van der Waals surface area (Å²) >= 11 is 0. The molecule has 6 nitrogen and oxygen atoms in total. The number of rotatable bonds is 6. The average molecular weight is 315 g/mol. The summed E-state index contributed by atoms with van der Waals surface area (Å²) < 4.78 is 4.98. The molecule has 1 aromatic heterocycles. The first kappa shape index (κ1) is 16.7. The van der Waals surface area contributed by atoms with Crippen LogP contribution in [0.25, 0.3) is 0 Å². The van der Waals surface area contributed by atoms with Crippen LogP contribution in [0.1, 0.15) is 23.8 Å². The summed E-state index contributed by atoms with van der Waals surface area (Å²) in [5.74, 6) is 0.874. The Balaban J connectivity index is 1.85. The molecule has 0 aliphatic rings. The second kappa shape index (κ2) is 7.58. The summed E-state index contributed by atoms with van der Waals surface area (Å²) in [6, 6.07) is 9.52. The van der Waals surface area contributed by atoms with Gasteiger partial charge in [0.2, 0.25) is 11.8 Å². The minimum atomic E-state index is -0.147.